The highest BCUT2D eigenvalue weighted by molar-refractivity contribution is 5.86. The fourth-order valence-electron chi connectivity index (χ4n) is 3.15. The van der Waals surface area contributed by atoms with Gasteiger partial charge in [-0.15, -0.1) is 0 Å². The van der Waals surface area contributed by atoms with Gasteiger partial charge in [0, 0.05) is 5.41 Å². The first-order valence-corrected chi connectivity index (χ1v) is 5.18. The Morgan fingerprint density at radius 1 is 1.25 bits per heavy atom. The molecule has 2 aliphatic rings. The van der Waals surface area contributed by atoms with E-state index in [2.05, 4.69) is 6.92 Å². The monoisotopic (exact) mass is 166 g/mol. The molecule has 0 spiro atoms. The summed E-state index contributed by atoms with van der Waals surface area (Å²) in [6.07, 6.45) is 7.54. The molecule has 2 saturated carbocycles. The summed E-state index contributed by atoms with van der Waals surface area (Å²) in [5, 5.41) is 0. The summed E-state index contributed by atoms with van der Waals surface area (Å²) < 4.78 is 0. The standard InChI is InChI=1S/C11H18O/c1-3-10(5-4-6-10)11(7-8-11)9(2)12/h3-8H2,1-2H3. The molecule has 1 nitrogen and oxygen atoms in total. The van der Waals surface area contributed by atoms with Crippen molar-refractivity contribution in [3.8, 4) is 0 Å². The van der Waals surface area contributed by atoms with Crippen molar-refractivity contribution >= 4 is 5.78 Å². The third-order valence-electron chi connectivity index (χ3n) is 4.43. The van der Waals surface area contributed by atoms with Crippen molar-refractivity contribution in [1.29, 1.82) is 0 Å². The van der Waals surface area contributed by atoms with Crippen LogP contribution in [-0.2, 0) is 4.79 Å². The van der Waals surface area contributed by atoms with Crippen molar-refractivity contribution < 1.29 is 4.79 Å². The van der Waals surface area contributed by atoms with Crippen molar-refractivity contribution in [3.63, 3.8) is 0 Å². The molecule has 12 heavy (non-hydrogen) atoms. The lowest BCUT2D eigenvalue weighted by Gasteiger charge is -2.47. The van der Waals surface area contributed by atoms with Gasteiger partial charge in [-0.1, -0.05) is 13.3 Å². The molecule has 0 unspecified atom stereocenters. The van der Waals surface area contributed by atoms with Gasteiger partial charge >= 0.3 is 0 Å². The van der Waals surface area contributed by atoms with Crippen molar-refractivity contribution in [2.75, 3.05) is 0 Å². The first kappa shape index (κ1) is 8.28. The zero-order chi connectivity index (χ0) is 8.82. The van der Waals surface area contributed by atoms with Gasteiger partial charge in [0.1, 0.15) is 5.78 Å². The van der Waals surface area contributed by atoms with E-state index in [0.29, 0.717) is 11.2 Å². The minimum atomic E-state index is 0.153. The molecular formula is C11H18O. The maximum atomic E-state index is 11.5. The minimum Gasteiger partial charge on any atom is -0.299 e. The zero-order valence-electron chi connectivity index (χ0n) is 8.15. The van der Waals surface area contributed by atoms with E-state index >= 15 is 0 Å². The fourth-order valence-corrected chi connectivity index (χ4v) is 3.15. The molecular weight excluding hydrogens is 148 g/mol. The topological polar surface area (TPSA) is 17.1 Å². The quantitative estimate of drug-likeness (QED) is 0.630. The summed E-state index contributed by atoms with van der Waals surface area (Å²) in [5.41, 5.74) is 0.596. The van der Waals surface area contributed by atoms with Crippen molar-refractivity contribution in [1.82, 2.24) is 0 Å². The summed E-state index contributed by atoms with van der Waals surface area (Å²) in [6, 6.07) is 0. The fraction of sp³-hybridized carbons (Fsp3) is 0.909. The van der Waals surface area contributed by atoms with Crippen LogP contribution in [0.4, 0.5) is 0 Å². The molecule has 2 aliphatic carbocycles. The van der Waals surface area contributed by atoms with Gasteiger partial charge in [-0.3, -0.25) is 4.79 Å². The Morgan fingerprint density at radius 3 is 1.92 bits per heavy atom. The molecule has 0 radical (unpaired) electrons. The molecule has 0 saturated heterocycles. The lowest BCUT2D eigenvalue weighted by atomic mass is 9.56. The van der Waals surface area contributed by atoms with E-state index in [1.54, 1.807) is 6.92 Å². The first-order valence-electron chi connectivity index (χ1n) is 5.18. The van der Waals surface area contributed by atoms with Crippen LogP contribution in [0.5, 0.6) is 0 Å². The molecule has 0 N–H and O–H groups in total. The highest BCUT2D eigenvalue weighted by atomic mass is 16.1. The van der Waals surface area contributed by atoms with Crippen molar-refractivity contribution in [2.45, 2.75) is 52.4 Å². The Morgan fingerprint density at radius 2 is 1.83 bits per heavy atom. The maximum absolute atomic E-state index is 11.5. The van der Waals surface area contributed by atoms with Crippen LogP contribution in [-0.4, -0.2) is 5.78 Å². The minimum absolute atomic E-state index is 0.153. The predicted molar refractivity (Wildman–Crippen MR) is 48.9 cm³/mol. The van der Waals surface area contributed by atoms with Gasteiger partial charge in [0.15, 0.2) is 0 Å². The summed E-state index contributed by atoms with van der Waals surface area (Å²) in [5.74, 6) is 0.462. The van der Waals surface area contributed by atoms with Gasteiger partial charge in [-0.25, -0.2) is 0 Å². The lowest BCUT2D eigenvalue weighted by Crippen LogP contribution is -2.42. The number of carbonyl (C=O) groups is 1. The average molecular weight is 166 g/mol. The van der Waals surface area contributed by atoms with E-state index in [1.165, 1.54) is 38.5 Å². The molecule has 0 aliphatic heterocycles. The summed E-state index contributed by atoms with van der Waals surface area (Å²) in [4.78, 5) is 11.5. The second-order valence-corrected chi connectivity index (χ2v) is 4.63. The van der Waals surface area contributed by atoms with E-state index in [0.717, 1.165) is 0 Å². The molecule has 0 amide bonds. The lowest BCUT2D eigenvalue weighted by molar-refractivity contribution is -0.131. The second kappa shape index (κ2) is 2.34. The van der Waals surface area contributed by atoms with E-state index in [-0.39, 0.29) is 5.41 Å². The van der Waals surface area contributed by atoms with E-state index < -0.39 is 0 Å². The number of carbonyl (C=O) groups excluding carboxylic acids is 1. The van der Waals surface area contributed by atoms with Crippen LogP contribution in [0.1, 0.15) is 52.4 Å². The van der Waals surface area contributed by atoms with Crippen LogP contribution >= 0.6 is 0 Å². The molecule has 0 aromatic rings. The SMILES string of the molecule is CCC1(C2(C(C)=O)CC2)CCC1. The number of ketones is 1. The van der Waals surface area contributed by atoms with Crippen molar-refractivity contribution in [2.24, 2.45) is 10.8 Å². The molecule has 0 heterocycles. The number of hydrogen-bond donors (Lipinski definition) is 0. The summed E-state index contributed by atoms with van der Waals surface area (Å²) in [6.45, 7) is 4.05. The summed E-state index contributed by atoms with van der Waals surface area (Å²) >= 11 is 0. The van der Waals surface area contributed by atoms with Gasteiger partial charge in [0.2, 0.25) is 0 Å². The van der Waals surface area contributed by atoms with Crippen LogP contribution < -0.4 is 0 Å². The normalized spacial score (nSPS) is 29.2. The van der Waals surface area contributed by atoms with Crippen LogP contribution in [0.2, 0.25) is 0 Å². The van der Waals surface area contributed by atoms with E-state index in [9.17, 15) is 4.79 Å². The highest BCUT2D eigenvalue weighted by Gasteiger charge is 2.63. The van der Waals surface area contributed by atoms with Crippen molar-refractivity contribution in [3.05, 3.63) is 0 Å². The molecule has 1 heteroatoms. The first-order chi connectivity index (χ1) is 5.67. The van der Waals surface area contributed by atoms with Gasteiger partial charge in [0.05, 0.1) is 0 Å². The predicted octanol–water partition coefficient (Wildman–Crippen LogP) is 2.94. The Kier molecular flexibility index (Phi) is 1.61. The maximum Gasteiger partial charge on any atom is 0.136 e. The Labute approximate surface area is 74.5 Å². The zero-order valence-corrected chi connectivity index (χ0v) is 8.15. The second-order valence-electron chi connectivity index (χ2n) is 4.63. The molecule has 2 rings (SSSR count). The van der Waals surface area contributed by atoms with Crippen LogP contribution in [0.15, 0.2) is 0 Å². The highest BCUT2D eigenvalue weighted by Crippen LogP contribution is 2.68. The summed E-state index contributed by atoms with van der Waals surface area (Å²) in [7, 11) is 0. The van der Waals surface area contributed by atoms with E-state index in [4.69, 9.17) is 0 Å². The van der Waals surface area contributed by atoms with Gasteiger partial charge in [0.25, 0.3) is 0 Å². The van der Waals surface area contributed by atoms with Crippen LogP contribution in [0, 0.1) is 10.8 Å². The number of rotatable bonds is 3. The van der Waals surface area contributed by atoms with Crippen LogP contribution in [0.3, 0.4) is 0 Å². The molecule has 0 aromatic carbocycles. The van der Waals surface area contributed by atoms with Gasteiger partial charge < -0.3 is 0 Å². The van der Waals surface area contributed by atoms with Crippen LogP contribution in [0.25, 0.3) is 0 Å². The molecule has 0 atom stereocenters. The third-order valence-corrected chi connectivity index (χ3v) is 4.43. The number of hydrogen-bond acceptors (Lipinski definition) is 1. The Balaban J connectivity index is 2.21. The molecule has 68 valence electrons. The average Bonchev–Trinajstić information content (AvgIpc) is 2.67. The van der Waals surface area contributed by atoms with E-state index in [1.807, 2.05) is 0 Å². The largest absolute Gasteiger partial charge is 0.299 e. The molecule has 0 aromatic heterocycles. The number of Topliss-reactive ketones (excluding diaryl/α,β-unsaturated/α-hetero) is 1. The Bertz CT molecular complexity index is 204. The van der Waals surface area contributed by atoms with Gasteiger partial charge in [-0.2, -0.15) is 0 Å². The third kappa shape index (κ3) is 0.773. The molecule has 0 bridgehead atoms. The smallest absolute Gasteiger partial charge is 0.136 e. The Hall–Kier alpha value is -0.330. The molecule has 2 fully saturated rings. The van der Waals surface area contributed by atoms with Gasteiger partial charge in [-0.05, 0) is 44.4 Å².